The average Bonchev–Trinajstić information content (AvgIpc) is 2.96. The lowest BCUT2D eigenvalue weighted by Crippen LogP contribution is -1.80. The quantitative estimate of drug-likeness (QED) is 0.681. The molecule has 0 unspecified atom stereocenters. The van der Waals surface area contributed by atoms with E-state index in [0.29, 0.717) is 5.89 Å². The highest BCUT2D eigenvalue weighted by Gasteiger charge is 2.10. The average molecular weight is 232 g/mol. The van der Waals surface area contributed by atoms with E-state index in [9.17, 15) is 0 Å². The van der Waals surface area contributed by atoms with Crippen LogP contribution < -0.4 is 4.74 Å². The fourth-order valence-corrected chi connectivity index (χ4v) is 2.02. The third-order valence-electron chi connectivity index (χ3n) is 2.21. The van der Waals surface area contributed by atoms with Crippen LogP contribution in [0.2, 0.25) is 0 Å². The summed E-state index contributed by atoms with van der Waals surface area (Å²) in [7, 11) is 1.63. The Labute approximate surface area is 95.5 Å². The van der Waals surface area contributed by atoms with Crippen molar-refractivity contribution in [1.29, 1.82) is 0 Å². The van der Waals surface area contributed by atoms with Gasteiger partial charge in [0.1, 0.15) is 11.3 Å². The summed E-state index contributed by atoms with van der Waals surface area (Å²) in [5, 5.41) is 2.68. The summed E-state index contributed by atoms with van der Waals surface area (Å²) in [5.74, 6) is 1.32. The van der Waals surface area contributed by atoms with Gasteiger partial charge in [0.15, 0.2) is 10.6 Å². The van der Waals surface area contributed by atoms with Crippen LogP contribution in [0.1, 0.15) is 0 Å². The normalized spacial score (nSPS) is 10.8. The van der Waals surface area contributed by atoms with Gasteiger partial charge in [0.05, 0.1) is 7.11 Å². The van der Waals surface area contributed by atoms with Crippen LogP contribution in [-0.2, 0) is 0 Å². The van der Waals surface area contributed by atoms with E-state index < -0.39 is 0 Å². The lowest BCUT2D eigenvalue weighted by Gasteiger charge is -1.95. The molecule has 2 heterocycles. The maximum Gasteiger partial charge on any atom is 0.256 e. The van der Waals surface area contributed by atoms with Crippen LogP contribution in [0, 0.1) is 0 Å². The summed E-state index contributed by atoms with van der Waals surface area (Å²) >= 11 is 1.50. The first-order valence-electron chi connectivity index (χ1n) is 4.71. The molecule has 80 valence electrons. The van der Waals surface area contributed by atoms with Gasteiger partial charge in [-0.25, -0.2) is 9.97 Å². The minimum absolute atomic E-state index is 0.554. The van der Waals surface area contributed by atoms with Crippen LogP contribution in [0.15, 0.2) is 34.2 Å². The second kappa shape index (κ2) is 3.61. The Kier molecular flexibility index (Phi) is 2.11. The standard InChI is InChI=1S/C11H8N2O2S/c1-14-7-2-3-9-8(6-7)13-10(15-9)11-12-4-5-16-11/h2-6H,1H3. The molecule has 4 nitrogen and oxygen atoms in total. The van der Waals surface area contributed by atoms with Crippen LogP contribution in [0.25, 0.3) is 22.0 Å². The molecule has 0 aliphatic heterocycles. The van der Waals surface area contributed by atoms with Gasteiger partial charge in [-0.05, 0) is 12.1 Å². The maximum atomic E-state index is 5.59. The lowest BCUT2D eigenvalue weighted by atomic mass is 10.3. The smallest absolute Gasteiger partial charge is 0.256 e. The zero-order valence-electron chi connectivity index (χ0n) is 8.51. The largest absolute Gasteiger partial charge is 0.497 e. The van der Waals surface area contributed by atoms with Crippen molar-refractivity contribution in [2.24, 2.45) is 0 Å². The molecule has 0 saturated heterocycles. The predicted molar refractivity (Wildman–Crippen MR) is 61.7 cm³/mol. The van der Waals surface area contributed by atoms with Crippen LogP contribution in [0.5, 0.6) is 5.75 Å². The first-order valence-corrected chi connectivity index (χ1v) is 5.59. The molecule has 3 rings (SSSR count). The summed E-state index contributed by atoms with van der Waals surface area (Å²) in [6.07, 6.45) is 1.73. The van der Waals surface area contributed by atoms with Crippen molar-refractivity contribution in [3.05, 3.63) is 29.8 Å². The first-order chi connectivity index (χ1) is 7.86. The fourth-order valence-electron chi connectivity index (χ4n) is 1.45. The van der Waals surface area contributed by atoms with E-state index in [2.05, 4.69) is 9.97 Å². The molecular formula is C11H8N2O2S. The van der Waals surface area contributed by atoms with Gasteiger partial charge in [0, 0.05) is 17.6 Å². The molecule has 0 radical (unpaired) electrons. The number of hydrogen-bond acceptors (Lipinski definition) is 5. The monoisotopic (exact) mass is 232 g/mol. The van der Waals surface area contributed by atoms with Crippen molar-refractivity contribution in [1.82, 2.24) is 9.97 Å². The molecule has 0 aliphatic carbocycles. The van der Waals surface area contributed by atoms with E-state index in [1.54, 1.807) is 13.3 Å². The first kappa shape index (κ1) is 9.35. The van der Waals surface area contributed by atoms with Crippen molar-refractivity contribution in [3.8, 4) is 16.6 Å². The Bertz CT molecular complexity index is 616. The highest BCUT2D eigenvalue weighted by Crippen LogP contribution is 2.27. The number of thiazole rings is 1. The number of aromatic nitrogens is 2. The van der Waals surface area contributed by atoms with E-state index in [4.69, 9.17) is 9.15 Å². The highest BCUT2D eigenvalue weighted by atomic mass is 32.1. The number of hydrogen-bond donors (Lipinski definition) is 0. The predicted octanol–water partition coefficient (Wildman–Crippen LogP) is 2.96. The Balaban J connectivity index is 2.16. The molecule has 1 aromatic carbocycles. The van der Waals surface area contributed by atoms with E-state index in [0.717, 1.165) is 21.9 Å². The summed E-state index contributed by atoms with van der Waals surface area (Å²) < 4.78 is 10.7. The Morgan fingerprint density at radius 3 is 3.06 bits per heavy atom. The van der Waals surface area contributed by atoms with Gasteiger partial charge in [-0.3, -0.25) is 0 Å². The number of nitrogens with zero attached hydrogens (tertiary/aromatic N) is 2. The summed E-state index contributed by atoms with van der Waals surface area (Å²) in [4.78, 5) is 8.52. The van der Waals surface area contributed by atoms with Gasteiger partial charge >= 0.3 is 0 Å². The lowest BCUT2D eigenvalue weighted by molar-refractivity contribution is 0.415. The summed E-state index contributed by atoms with van der Waals surface area (Å²) in [6.45, 7) is 0. The van der Waals surface area contributed by atoms with Crippen molar-refractivity contribution in [2.75, 3.05) is 7.11 Å². The summed E-state index contributed by atoms with van der Waals surface area (Å²) in [6, 6.07) is 5.54. The van der Waals surface area contributed by atoms with Crippen molar-refractivity contribution < 1.29 is 9.15 Å². The van der Waals surface area contributed by atoms with Gasteiger partial charge in [0.25, 0.3) is 5.89 Å². The molecule has 0 spiro atoms. The molecule has 3 aromatic rings. The Morgan fingerprint density at radius 2 is 2.31 bits per heavy atom. The molecule has 0 saturated carbocycles. The number of benzene rings is 1. The molecule has 0 atom stereocenters. The number of oxazole rings is 1. The number of ether oxygens (including phenoxy) is 1. The van der Waals surface area contributed by atoms with Gasteiger partial charge in [-0.15, -0.1) is 11.3 Å². The second-order valence-electron chi connectivity index (χ2n) is 3.19. The molecule has 0 bridgehead atoms. The SMILES string of the molecule is COc1ccc2oc(-c3nccs3)nc2c1. The second-order valence-corrected chi connectivity index (χ2v) is 4.08. The molecule has 0 amide bonds. The van der Waals surface area contributed by atoms with Crippen molar-refractivity contribution in [2.45, 2.75) is 0 Å². The number of methoxy groups -OCH3 is 1. The number of fused-ring (bicyclic) bond motifs is 1. The Hall–Kier alpha value is -1.88. The summed E-state index contributed by atoms with van der Waals surface area (Å²) in [5.41, 5.74) is 1.52. The molecule has 2 aromatic heterocycles. The molecule has 0 fully saturated rings. The molecule has 0 aliphatic rings. The van der Waals surface area contributed by atoms with Crippen LogP contribution in [-0.4, -0.2) is 17.1 Å². The fraction of sp³-hybridized carbons (Fsp3) is 0.0909. The maximum absolute atomic E-state index is 5.59. The molecular weight excluding hydrogens is 224 g/mol. The van der Waals surface area contributed by atoms with Gasteiger partial charge in [0.2, 0.25) is 0 Å². The zero-order valence-corrected chi connectivity index (χ0v) is 9.32. The van der Waals surface area contributed by atoms with Gasteiger partial charge in [-0.2, -0.15) is 0 Å². The topological polar surface area (TPSA) is 48.2 Å². The van der Waals surface area contributed by atoms with E-state index in [1.165, 1.54) is 11.3 Å². The van der Waals surface area contributed by atoms with E-state index in [-0.39, 0.29) is 0 Å². The van der Waals surface area contributed by atoms with Crippen molar-refractivity contribution in [3.63, 3.8) is 0 Å². The van der Waals surface area contributed by atoms with E-state index in [1.807, 2.05) is 23.6 Å². The molecule has 5 heteroatoms. The van der Waals surface area contributed by atoms with Gasteiger partial charge < -0.3 is 9.15 Å². The molecule has 0 N–H and O–H groups in total. The van der Waals surface area contributed by atoms with Crippen molar-refractivity contribution >= 4 is 22.4 Å². The van der Waals surface area contributed by atoms with E-state index >= 15 is 0 Å². The van der Waals surface area contributed by atoms with Crippen LogP contribution in [0.4, 0.5) is 0 Å². The minimum atomic E-state index is 0.554. The molecule has 16 heavy (non-hydrogen) atoms. The van der Waals surface area contributed by atoms with Crippen LogP contribution >= 0.6 is 11.3 Å². The highest BCUT2D eigenvalue weighted by molar-refractivity contribution is 7.12. The third kappa shape index (κ3) is 1.45. The number of rotatable bonds is 2. The van der Waals surface area contributed by atoms with Gasteiger partial charge in [-0.1, -0.05) is 0 Å². The zero-order chi connectivity index (χ0) is 11.0. The minimum Gasteiger partial charge on any atom is -0.497 e. The third-order valence-corrected chi connectivity index (χ3v) is 2.97. The Morgan fingerprint density at radius 1 is 1.38 bits per heavy atom. The van der Waals surface area contributed by atoms with Crippen LogP contribution in [0.3, 0.4) is 0 Å².